The Balaban J connectivity index is 2.74. The van der Waals surface area contributed by atoms with Crippen molar-refractivity contribution in [3.8, 4) is 5.75 Å². The van der Waals surface area contributed by atoms with Crippen LogP contribution in [0.3, 0.4) is 0 Å². The third-order valence-corrected chi connectivity index (χ3v) is 2.34. The second kappa shape index (κ2) is 6.33. The fourth-order valence-corrected chi connectivity index (χ4v) is 1.46. The van der Waals surface area contributed by atoms with Gasteiger partial charge in [0.2, 0.25) is 0 Å². The van der Waals surface area contributed by atoms with E-state index < -0.39 is 0 Å². The van der Waals surface area contributed by atoms with Crippen LogP contribution in [0.25, 0.3) is 6.08 Å². The first-order valence-electron chi connectivity index (χ1n) is 5.82. The van der Waals surface area contributed by atoms with Gasteiger partial charge in [0.25, 0.3) is 0 Å². The molecular formula is C14H21NO. The van der Waals surface area contributed by atoms with Crippen LogP contribution in [-0.4, -0.2) is 12.6 Å². The van der Waals surface area contributed by atoms with Crippen LogP contribution >= 0.6 is 0 Å². The Morgan fingerprint density at radius 3 is 2.38 bits per heavy atom. The minimum Gasteiger partial charge on any atom is -0.491 e. The Kier molecular flexibility index (Phi) is 5.06. The average Bonchev–Trinajstić information content (AvgIpc) is 2.27. The third-order valence-electron chi connectivity index (χ3n) is 2.34. The van der Waals surface area contributed by atoms with Crippen molar-refractivity contribution in [3.05, 3.63) is 35.4 Å². The van der Waals surface area contributed by atoms with E-state index in [-0.39, 0.29) is 6.10 Å². The Bertz CT molecular complexity index is 332. The highest BCUT2D eigenvalue weighted by molar-refractivity contribution is 5.54. The first-order chi connectivity index (χ1) is 7.65. The number of ether oxygens (including phenoxy) is 1. The lowest BCUT2D eigenvalue weighted by Gasteiger charge is -2.09. The smallest absolute Gasteiger partial charge is 0.119 e. The second-order valence-electron chi connectivity index (χ2n) is 4.10. The van der Waals surface area contributed by atoms with Gasteiger partial charge in [-0.05, 0) is 38.0 Å². The molecule has 0 heterocycles. The summed E-state index contributed by atoms with van der Waals surface area (Å²) in [4.78, 5) is 0. The molecule has 0 bridgehead atoms. The summed E-state index contributed by atoms with van der Waals surface area (Å²) in [5, 5.41) is 0. The normalized spacial score (nSPS) is 11.9. The van der Waals surface area contributed by atoms with Gasteiger partial charge in [-0.2, -0.15) is 0 Å². The van der Waals surface area contributed by atoms with E-state index in [1.54, 1.807) is 0 Å². The predicted molar refractivity (Wildman–Crippen MR) is 69.5 cm³/mol. The van der Waals surface area contributed by atoms with Gasteiger partial charge in [0.15, 0.2) is 0 Å². The minimum atomic E-state index is 0.219. The van der Waals surface area contributed by atoms with Crippen LogP contribution in [0.2, 0.25) is 0 Å². The molecule has 88 valence electrons. The summed E-state index contributed by atoms with van der Waals surface area (Å²) in [7, 11) is 0. The summed E-state index contributed by atoms with van der Waals surface area (Å²) in [5.41, 5.74) is 8.07. The molecule has 0 fully saturated rings. The summed E-state index contributed by atoms with van der Waals surface area (Å²) in [6.07, 6.45) is 3.36. The number of hydrogen-bond donors (Lipinski definition) is 1. The molecule has 0 amide bonds. The van der Waals surface area contributed by atoms with Crippen LogP contribution in [0.15, 0.2) is 29.8 Å². The molecule has 0 spiro atoms. The van der Waals surface area contributed by atoms with Crippen molar-refractivity contribution in [2.24, 2.45) is 5.73 Å². The standard InChI is InChI=1S/C14H21NO/c1-4-12(10-15)9-13-5-7-14(8-6-13)16-11(2)3/h5-9,11H,4,10,15H2,1-3H3. The van der Waals surface area contributed by atoms with Crippen molar-refractivity contribution < 1.29 is 4.74 Å². The Morgan fingerprint density at radius 2 is 1.94 bits per heavy atom. The van der Waals surface area contributed by atoms with Gasteiger partial charge in [-0.25, -0.2) is 0 Å². The maximum absolute atomic E-state index is 5.63. The molecule has 0 aliphatic rings. The molecule has 1 aromatic carbocycles. The van der Waals surface area contributed by atoms with E-state index in [1.807, 2.05) is 26.0 Å². The second-order valence-corrected chi connectivity index (χ2v) is 4.10. The predicted octanol–water partition coefficient (Wildman–Crippen LogP) is 3.23. The number of rotatable bonds is 5. The molecule has 0 aliphatic carbocycles. The van der Waals surface area contributed by atoms with Crippen molar-refractivity contribution >= 4 is 6.08 Å². The van der Waals surface area contributed by atoms with Crippen LogP contribution in [-0.2, 0) is 0 Å². The molecule has 0 radical (unpaired) electrons. The highest BCUT2D eigenvalue weighted by atomic mass is 16.5. The Morgan fingerprint density at radius 1 is 1.31 bits per heavy atom. The molecule has 2 heteroatoms. The molecular weight excluding hydrogens is 198 g/mol. The molecule has 0 saturated heterocycles. The zero-order chi connectivity index (χ0) is 12.0. The maximum Gasteiger partial charge on any atom is 0.119 e. The van der Waals surface area contributed by atoms with Crippen molar-refractivity contribution in [2.75, 3.05) is 6.54 Å². The van der Waals surface area contributed by atoms with Crippen molar-refractivity contribution in [2.45, 2.75) is 33.3 Å². The van der Waals surface area contributed by atoms with Crippen LogP contribution in [0, 0.1) is 0 Å². The van der Waals surface area contributed by atoms with Gasteiger partial charge in [0.05, 0.1) is 6.10 Å². The zero-order valence-electron chi connectivity index (χ0n) is 10.4. The topological polar surface area (TPSA) is 35.2 Å². The van der Waals surface area contributed by atoms with Crippen LogP contribution < -0.4 is 10.5 Å². The van der Waals surface area contributed by atoms with E-state index in [0.717, 1.165) is 12.2 Å². The Hall–Kier alpha value is -1.28. The molecule has 0 aliphatic heterocycles. The van der Waals surface area contributed by atoms with Crippen molar-refractivity contribution in [1.82, 2.24) is 0 Å². The summed E-state index contributed by atoms with van der Waals surface area (Å²) < 4.78 is 5.58. The van der Waals surface area contributed by atoms with Gasteiger partial charge in [0.1, 0.15) is 5.75 Å². The minimum absolute atomic E-state index is 0.219. The molecule has 2 nitrogen and oxygen atoms in total. The highest BCUT2D eigenvalue weighted by Gasteiger charge is 1.97. The number of benzene rings is 1. The fourth-order valence-electron chi connectivity index (χ4n) is 1.46. The molecule has 0 aromatic heterocycles. The lowest BCUT2D eigenvalue weighted by Crippen LogP contribution is -2.05. The summed E-state index contributed by atoms with van der Waals surface area (Å²) in [6, 6.07) is 8.11. The quantitative estimate of drug-likeness (QED) is 0.825. The molecule has 1 aromatic rings. The van der Waals surface area contributed by atoms with E-state index in [9.17, 15) is 0 Å². The van der Waals surface area contributed by atoms with Crippen LogP contribution in [0.4, 0.5) is 0 Å². The number of nitrogens with two attached hydrogens (primary N) is 1. The summed E-state index contributed by atoms with van der Waals surface area (Å²) in [6.45, 7) is 6.80. The van der Waals surface area contributed by atoms with E-state index in [1.165, 1.54) is 11.1 Å². The SMILES string of the molecule is CCC(=Cc1ccc(OC(C)C)cc1)CN. The average molecular weight is 219 g/mol. The fraction of sp³-hybridized carbons (Fsp3) is 0.429. The zero-order valence-corrected chi connectivity index (χ0v) is 10.4. The van der Waals surface area contributed by atoms with Gasteiger partial charge >= 0.3 is 0 Å². The summed E-state index contributed by atoms with van der Waals surface area (Å²) in [5.74, 6) is 0.915. The molecule has 0 atom stereocenters. The molecule has 2 N–H and O–H groups in total. The van der Waals surface area contributed by atoms with Crippen molar-refractivity contribution in [1.29, 1.82) is 0 Å². The first kappa shape index (κ1) is 12.8. The molecule has 0 saturated carbocycles. The van der Waals surface area contributed by atoms with Gasteiger partial charge in [0, 0.05) is 6.54 Å². The number of hydrogen-bond acceptors (Lipinski definition) is 2. The van der Waals surface area contributed by atoms with Gasteiger partial charge in [-0.1, -0.05) is 30.7 Å². The first-order valence-corrected chi connectivity index (χ1v) is 5.82. The Labute approximate surface area is 98.1 Å². The van der Waals surface area contributed by atoms with Crippen LogP contribution in [0.5, 0.6) is 5.75 Å². The lowest BCUT2D eigenvalue weighted by atomic mass is 10.1. The van der Waals surface area contributed by atoms with Gasteiger partial charge in [-0.3, -0.25) is 0 Å². The lowest BCUT2D eigenvalue weighted by molar-refractivity contribution is 0.242. The van der Waals surface area contributed by atoms with Crippen molar-refractivity contribution in [3.63, 3.8) is 0 Å². The maximum atomic E-state index is 5.63. The van der Waals surface area contributed by atoms with E-state index in [2.05, 4.69) is 25.1 Å². The monoisotopic (exact) mass is 219 g/mol. The van der Waals surface area contributed by atoms with Gasteiger partial charge in [-0.15, -0.1) is 0 Å². The highest BCUT2D eigenvalue weighted by Crippen LogP contribution is 2.16. The van der Waals surface area contributed by atoms with Gasteiger partial charge < -0.3 is 10.5 Å². The molecule has 1 rings (SSSR count). The van der Waals surface area contributed by atoms with Crippen LogP contribution in [0.1, 0.15) is 32.8 Å². The molecule has 0 unspecified atom stereocenters. The van der Waals surface area contributed by atoms with E-state index in [0.29, 0.717) is 6.54 Å². The van der Waals surface area contributed by atoms with E-state index >= 15 is 0 Å². The molecule has 16 heavy (non-hydrogen) atoms. The summed E-state index contributed by atoms with van der Waals surface area (Å²) >= 11 is 0. The van der Waals surface area contributed by atoms with E-state index in [4.69, 9.17) is 10.5 Å². The third kappa shape index (κ3) is 4.07. The largest absolute Gasteiger partial charge is 0.491 e.